The van der Waals surface area contributed by atoms with Gasteiger partial charge in [0.1, 0.15) is 23.4 Å². The second-order valence-corrected chi connectivity index (χ2v) is 10.6. The molecule has 0 unspecified atom stereocenters. The molecular weight excluding hydrogens is 686 g/mol. The zero-order chi connectivity index (χ0) is 35.2. The molecule has 0 aliphatic heterocycles. The summed E-state index contributed by atoms with van der Waals surface area (Å²) in [5.41, 5.74) is 3.28. The third-order valence-electron chi connectivity index (χ3n) is 6.19. The fourth-order valence-corrected chi connectivity index (χ4v) is 4.67. The second kappa shape index (κ2) is 18.5. The van der Waals surface area contributed by atoms with Crippen LogP contribution in [0.2, 0.25) is 15.2 Å². The molecule has 0 radical (unpaired) electrons. The van der Waals surface area contributed by atoms with E-state index in [1.54, 1.807) is 60.7 Å². The summed E-state index contributed by atoms with van der Waals surface area (Å²) in [6, 6.07) is 26.6. The first-order valence-corrected chi connectivity index (χ1v) is 14.8. The number of aldehydes is 2. The minimum atomic E-state index is -1.59. The molecule has 0 aliphatic rings. The number of nitrogens with zero attached hydrogens (tertiary/aromatic N) is 3. The Morgan fingerprint density at radius 1 is 0.729 bits per heavy atom. The number of aliphatic hydroxyl groups excluding tert-OH is 1. The van der Waals surface area contributed by atoms with Crippen molar-refractivity contribution in [2.24, 2.45) is 0 Å². The van der Waals surface area contributed by atoms with Crippen molar-refractivity contribution in [3.05, 3.63) is 135 Å². The number of pyridine rings is 2. The van der Waals surface area contributed by atoms with Gasteiger partial charge in [-0.25, -0.2) is 18.7 Å². The lowest BCUT2D eigenvalue weighted by Gasteiger charge is -2.08. The summed E-state index contributed by atoms with van der Waals surface area (Å²) in [5.74, 6) is -0.835. The Balaban J connectivity index is 0.000000195. The molecule has 2 heterocycles. The predicted octanol–water partition coefficient (Wildman–Crippen LogP) is 6.87. The van der Waals surface area contributed by atoms with E-state index in [1.165, 1.54) is 36.4 Å². The van der Waals surface area contributed by atoms with Crippen molar-refractivity contribution >= 4 is 81.8 Å². The number of aliphatic hydroxyl groups is 1. The molecule has 2 aromatic heterocycles. The van der Waals surface area contributed by atoms with Crippen LogP contribution in [0.1, 0.15) is 20.7 Å². The van der Waals surface area contributed by atoms with Gasteiger partial charge < -0.3 is 15.2 Å². The maximum absolute atomic E-state index is 13.3. The highest BCUT2D eigenvalue weighted by Gasteiger charge is 2.12. The van der Waals surface area contributed by atoms with Crippen LogP contribution < -0.4 is 5.46 Å². The topological polar surface area (TPSA) is 144 Å². The SMILES string of the molecule is N#CCO.O=Cc1cc2c(Cl)cccc2nc1-c1cccc(F)c1.O=Cc1cc2c(Cl)cccc2nc1Cl.OB(O)c1cccc(F)c1. The van der Waals surface area contributed by atoms with Crippen LogP contribution in [0.5, 0.6) is 0 Å². The fourth-order valence-electron chi connectivity index (χ4n) is 4.03. The van der Waals surface area contributed by atoms with Crippen LogP contribution >= 0.6 is 34.8 Å². The lowest BCUT2D eigenvalue weighted by atomic mass is 9.80. The number of halogens is 5. The van der Waals surface area contributed by atoms with Crippen LogP contribution in [0.3, 0.4) is 0 Å². The van der Waals surface area contributed by atoms with Gasteiger partial charge in [0.25, 0.3) is 0 Å². The fraction of sp³-hybridized carbons (Fsp3) is 0.0294. The number of fused-ring (bicyclic) bond motifs is 2. The Morgan fingerprint density at radius 2 is 1.23 bits per heavy atom. The van der Waals surface area contributed by atoms with E-state index in [4.69, 9.17) is 55.2 Å². The van der Waals surface area contributed by atoms with Gasteiger partial charge in [-0.2, -0.15) is 5.26 Å². The van der Waals surface area contributed by atoms with Crippen LogP contribution in [0.15, 0.2) is 97.1 Å². The van der Waals surface area contributed by atoms with Gasteiger partial charge in [-0.05, 0) is 66.1 Å². The van der Waals surface area contributed by atoms with Gasteiger partial charge in [-0.3, -0.25) is 9.59 Å². The molecule has 6 aromatic rings. The maximum Gasteiger partial charge on any atom is 0.488 e. The molecule has 6 rings (SSSR count). The number of aromatic nitrogens is 2. The molecule has 0 bridgehead atoms. The summed E-state index contributed by atoms with van der Waals surface area (Å²) < 4.78 is 25.6. The summed E-state index contributed by atoms with van der Waals surface area (Å²) in [7, 11) is -1.59. The first-order valence-electron chi connectivity index (χ1n) is 13.6. The normalized spacial score (nSPS) is 9.90. The molecule has 0 aliphatic carbocycles. The molecule has 14 heteroatoms. The molecule has 0 saturated carbocycles. The second-order valence-electron chi connectivity index (χ2n) is 9.40. The van der Waals surface area contributed by atoms with Gasteiger partial charge in [-0.1, -0.05) is 71.2 Å². The molecule has 242 valence electrons. The van der Waals surface area contributed by atoms with Crippen LogP contribution in [0, 0.1) is 23.0 Å². The Morgan fingerprint density at radius 3 is 1.71 bits per heavy atom. The van der Waals surface area contributed by atoms with E-state index < -0.39 is 12.9 Å². The van der Waals surface area contributed by atoms with E-state index in [1.807, 2.05) is 0 Å². The van der Waals surface area contributed by atoms with E-state index in [0.717, 1.165) is 11.5 Å². The van der Waals surface area contributed by atoms with Gasteiger partial charge in [0.15, 0.2) is 12.6 Å². The van der Waals surface area contributed by atoms with Crippen molar-refractivity contribution in [3.8, 4) is 17.3 Å². The van der Waals surface area contributed by atoms with E-state index in [2.05, 4.69) is 9.97 Å². The zero-order valence-electron chi connectivity index (χ0n) is 24.6. The number of carbonyl (C=O) groups excluding carboxylic acids is 2. The van der Waals surface area contributed by atoms with E-state index in [0.29, 0.717) is 61.4 Å². The van der Waals surface area contributed by atoms with E-state index in [-0.39, 0.29) is 23.0 Å². The van der Waals surface area contributed by atoms with Gasteiger partial charge in [0.05, 0.1) is 28.4 Å². The van der Waals surface area contributed by atoms with Gasteiger partial charge in [0, 0.05) is 31.9 Å². The summed E-state index contributed by atoms with van der Waals surface area (Å²) >= 11 is 17.8. The molecule has 0 amide bonds. The molecule has 4 aromatic carbocycles. The molecule has 8 nitrogen and oxygen atoms in total. The number of carbonyl (C=O) groups is 2. The molecule has 0 saturated heterocycles. The third-order valence-corrected chi connectivity index (χ3v) is 7.15. The monoisotopic (exact) mass is 707 g/mol. The van der Waals surface area contributed by atoms with Crippen LogP contribution in [-0.2, 0) is 0 Å². The highest BCUT2D eigenvalue weighted by molar-refractivity contribution is 6.58. The minimum Gasteiger partial charge on any atom is -0.423 e. The number of rotatable bonds is 4. The van der Waals surface area contributed by atoms with Gasteiger partial charge in [0.2, 0.25) is 0 Å². The van der Waals surface area contributed by atoms with Crippen molar-refractivity contribution in [1.29, 1.82) is 5.26 Å². The summed E-state index contributed by atoms with van der Waals surface area (Å²) in [6.07, 6.45) is 1.37. The van der Waals surface area contributed by atoms with Crippen LogP contribution in [0.25, 0.3) is 33.1 Å². The van der Waals surface area contributed by atoms with Crippen molar-refractivity contribution in [3.63, 3.8) is 0 Å². The van der Waals surface area contributed by atoms with Crippen molar-refractivity contribution < 1.29 is 33.5 Å². The van der Waals surface area contributed by atoms with Crippen LogP contribution in [0.4, 0.5) is 8.78 Å². The van der Waals surface area contributed by atoms with E-state index >= 15 is 0 Å². The molecule has 0 fully saturated rings. The lowest BCUT2D eigenvalue weighted by molar-refractivity contribution is 0.111. The summed E-state index contributed by atoms with van der Waals surface area (Å²) in [4.78, 5) is 30.4. The quantitative estimate of drug-likeness (QED) is 0.0780. The maximum atomic E-state index is 13.3. The van der Waals surface area contributed by atoms with Crippen molar-refractivity contribution in [2.45, 2.75) is 0 Å². The minimum absolute atomic E-state index is 0.167. The molecular formula is C34H23BCl3F2N3O5. The largest absolute Gasteiger partial charge is 0.488 e. The van der Waals surface area contributed by atoms with Gasteiger partial charge >= 0.3 is 7.12 Å². The Hall–Kier alpha value is -4.80. The predicted molar refractivity (Wildman–Crippen MR) is 184 cm³/mol. The zero-order valence-corrected chi connectivity index (χ0v) is 26.8. The lowest BCUT2D eigenvalue weighted by Crippen LogP contribution is -2.29. The summed E-state index contributed by atoms with van der Waals surface area (Å²) in [6.45, 7) is -0.375. The molecule has 0 atom stereocenters. The average Bonchev–Trinajstić information content (AvgIpc) is 3.08. The highest BCUT2D eigenvalue weighted by atomic mass is 35.5. The molecule has 48 heavy (non-hydrogen) atoms. The third kappa shape index (κ3) is 10.4. The van der Waals surface area contributed by atoms with Crippen molar-refractivity contribution in [2.75, 3.05) is 6.61 Å². The number of nitriles is 1. The average molecular weight is 709 g/mol. The Labute approximate surface area is 288 Å². The Bertz CT molecular complexity index is 2100. The number of hydrogen-bond acceptors (Lipinski definition) is 8. The summed E-state index contributed by atoms with van der Waals surface area (Å²) in [5, 5.41) is 34.7. The van der Waals surface area contributed by atoms with Gasteiger partial charge in [-0.15, -0.1) is 0 Å². The standard InChI is InChI=1S/C16H9ClFNO.C10H5Cl2NO.C6H6BFO2.C2H3NO/c17-14-5-2-6-15-13(14)8-11(9-20)16(19-15)10-3-1-4-12(18)7-10;11-8-2-1-3-9-7(8)4-6(5-14)10(12)13-9;8-6-3-1-2-5(4-6)7(9)10;3-1-2-4/h1-9H;1-5H;1-4,9-10H;4H,2H2. The number of hydrogen-bond donors (Lipinski definition) is 3. The smallest absolute Gasteiger partial charge is 0.423 e. The first kappa shape index (κ1) is 37.7. The van der Waals surface area contributed by atoms with Crippen LogP contribution in [-0.4, -0.2) is 51.4 Å². The van der Waals surface area contributed by atoms with E-state index in [9.17, 15) is 18.4 Å². The van der Waals surface area contributed by atoms with Crippen molar-refractivity contribution in [1.82, 2.24) is 9.97 Å². The first-order chi connectivity index (χ1) is 23.0. The number of benzene rings is 4. The molecule has 3 N–H and O–H groups in total. The molecule has 0 spiro atoms. The highest BCUT2D eigenvalue weighted by Crippen LogP contribution is 2.29. The Kier molecular flexibility index (Phi) is 14.5.